The zero-order chi connectivity index (χ0) is 40.9. The van der Waals surface area contributed by atoms with Crippen LogP contribution in [0.2, 0.25) is 0 Å². The summed E-state index contributed by atoms with van der Waals surface area (Å²) in [5.41, 5.74) is 8.03. The number of carbonyl (C=O) groups is 1. The number of hydrogen-bond acceptors (Lipinski definition) is 9. The number of aromatic hydroxyl groups is 1. The zero-order valence-corrected chi connectivity index (χ0v) is 35.1. The molecule has 10 heteroatoms. The van der Waals surface area contributed by atoms with Crippen molar-refractivity contribution < 1.29 is 33.6 Å². The second kappa shape index (κ2) is 17.8. The summed E-state index contributed by atoms with van der Waals surface area (Å²) in [6.45, 7) is 19.5. The lowest BCUT2D eigenvalue weighted by atomic mass is 9.92. The molecule has 1 saturated heterocycles. The van der Waals surface area contributed by atoms with Gasteiger partial charge >= 0.3 is 5.97 Å². The van der Waals surface area contributed by atoms with Crippen molar-refractivity contribution in [3.8, 4) is 28.1 Å². The molecule has 1 fully saturated rings. The van der Waals surface area contributed by atoms with Crippen LogP contribution in [0.25, 0.3) is 28.0 Å². The summed E-state index contributed by atoms with van der Waals surface area (Å²) in [5.74, 6) is 0.629. The van der Waals surface area contributed by atoms with Crippen LogP contribution in [-0.2, 0) is 35.1 Å². The van der Waals surface area contributed by atoms with Crippen LogP contribution in [0.3, 0.4) is 0 Å². The first-order chi connectivity index (χ1) is 27.2. The van der Waals surface area contributed by atoms with E-state index >= 15 is 0 Å². The minimum absolute atomic E-state index is 0.0294. The van der Waals surface area contributed by atoms with E-state index in [0.29, 0.717) is 39.5 Å². The normalized spacial score (nSPS) is 15.5. The number of hydrogen-bond donors (Lipinski definition) is 1. The number of carbonyl (C=O) groups excluding carboxylic acids is 1. The number of nitrogens with zero attached hydrogens (tertiary/aromatic N) is 3. The number of phenols is 1. The Morgan fingerprint density at radius 1 is 0.930 bits per heavy atom. The first-order valence-electron chi connectivity index (χ1n) is 20.0. The number of fused-ring (bicyclic) bond motifs is 1. The zero-order valence-electron chi connectivity index (χ0n) is 35.1. The molecule has 0 amide bonds. The van der Waals surface area contributed by atoms with Crippen molar-refractivity contribution in [3.05, 3.63) is 107 Å². The third-order valence-electron chi connectivity index (χ3n) is 10.8. The number of ether oxygens (including phenoxy) is 5. The molecular weight excluding hydrogens is 719 g/mol. The molecule has 0 radical (unpaired) electrons. The predicted molar refractivity (Wildman–Crippen MR) is 225 cm³/mol. The highest BCUT2D eigenvalue weighted by Crippen LogP contribution is 2.41. The lowest BCUT2D eigenvalue weighted by Gasteiger charge is -2.42. The summed E-state index contributed by atoms with van der Waals surface area (Å²) in [7, 11) is 1.40. The van der Waals surface area contributed by atoms with E-state index in [1.54, 1.807) is 6.07 Å². The number of imidazole rings is 1. The monoisotopic (exact) mass is 777 g/mol. The fourth-order valence-corrected chi connectivity index (χ4v) is 7.45. The largest absolute Gasteiger partial charge is 0.507 e. The van der Waals surface area contributed by atoms with Gasteiger partial charge in [-0.05, 0) is 109 Å². The number of benzene rings is 3. The number of aromatic nitrogens is 2. The van der Waals surface area contributed by atoms with E-state index in [1.807, 2.05) is 103 Å². The van der Waals surface area contributed by atoms with E-state index in [9.17, 15) is 9.90 Å². The number of esters is 1. The molecule has 0 unspecified atom stereocenters. The standard InChI is InChI=1S/C47H59N3O7/c1-31-18-19-40(51)38(26-31)36-16-13-17-37(27-36)39-28-50-43(48-39)34(4)33(3)41(42(45(52)53-9)57-46(5,6)7)44(50)49-22-20-47(8,21-23-49)56-25-24-54-29-32(2)55-30-35-14-11-10-12-15-35/h10-19,26-28,32,42,51H,20-25,29-30H2,1-9H3/t32-,42-/m0/s1. The summed E-state index contributed by atoms with van der Waals surface area (Å²) < 4.78 is 32.4. The Balaban J connectivity index is 1.26. The van der Waals surface area contributed by atoms with Gasteiger partial charge in [0.05, 0.1) is 56.5 Å². The minimum atomic E-state index is -0.965. The lowest BCUT2D eigenvalue weighted by Crippen LogP contribution is -2.46. The van der Waals surface area contributed by atoms with Gasteiger partial charge in [0.1, 0.15) is 17.2 Å². The van der Waals surface area contributed by atoms with Crippen LogP contribution in [0, 0.1) is 20.8 Å². The van der Waals surface area contributed by atoms with Crippen molar-refractivity contribution in [3.63, 3.8) is 0 Å². The topological polar surface area (TPSA) is 104 Å². The number of anilines is 1. The van der Waals surface area contributed by atoms with Crippen LogP contribution < -0.4 is 4.90 Å². The van der Waals surface area contributed by atoms with Crippen molar-refractivity contribution in [2.45, 2.75) is 98.2 Å². The van der Waals surface area contributed by atoms with Crippen molar-refractivity contribution in [1.29, 1.82) is 0 Å². The van der Waals surface area contributed by atoms with E-state index in [0.717, 1.165) is 74.5 Å². The molecule has 5 aromatic rings. The highest BCUT2D eigenvalue weighted by molar-refractivity contribution is 5.82. The third-order valence-corrected chi connectivity index (χ3v) is 10.8. The molecule has 0 bridgehead atoms. The van der Waals surface area contributed by atoms with Crippen molar-refractivity contribution in [1.82, 2.24) is 9.38 Å². The lowest BCUT2D eigenvalue weighted by molar-refractivity contribution is -0.164. The highest BCUT2D eigenvalue weighted by atomic mass is 16.6. The van der Waals surface area contributed by atoms with Crippen molar-refractivity contribution >= 4 is 17.4 Å². The van der Waals surface area contributed by atoms with Crippen LogP contribution in [0.1, 0.15) is 81.4 Å². The molecule has 2 aromatic heterocycles. The number of phenolic OH excluding ortho intramolecular Hbond substituents is 1. The van der Waals surface area contributed by atoms with Gasteiger partial charge in [-0.25, -0.2) is 9.78 Å². The molecule has 6 rings (SSSR count). The fourth-order valence-electron chi connectivity index (χ4n) is 7.45. The van der Waals surface area contributed by atoms with Crippen LogP contribution in [0.4, 0.5) is 5.82 Å². The molecule has 1 N–H and O–H groups in total. The number of piperidine rings is 1. The van der Waals surface area contributed by atoms with E-state index in [1.165, 1.54) is 7.11 Å². The first-order valence-corrected chi connectivity index (χ1v) is 20.0. The quantitative estimate of drug-likeness (QED) is 0.0823. The van der Waals surface area contributed by atoms with Crippen LogP contribution in [0.5, 0.6) is 5.75 Å². The van der Waals surface area contributed by atoms with Gasteiger partial charge in [0.25, 0.3) is 0 Å². The summed E-state index contributed by atoms with van der Waals surface area (Å²) in [6.07, 6.45) is 2.59. The Bertz CT molecular complexity index is 2150. The number of methoxy groups -OCH3 is 1. The molecular formula is C47H59N3O7. The summed E-state index contributed by atoms with van der Waals surface area (Å²) in [6, 6.07) is 23.8. The summed E-state index contributed by atoms with van der Waals surface area (Å²) >= 11 is 0. The number of pyridine rings is 1. The van der Waals surface area contributed by atoms with E-state index < -0.39 is 17.7 Å². The average Bonchev–Trinajstić information content (AvgIpc) is 3.64. The van der Waals surface area contributed by atoms with E-state index in [2.05, 4.69) is 34.4 Å². The molecule has 57 heavy (non-hydrogen) atoms. The van der Waals surface area contributed by atoms with Crippen LogP contribution >= 0.6 is 0 Å². The fraction of sp³-hybridized carbons (Fsp3) is 0.447. The maximum Gasteiger partial charge on any atom is 0.339 e. The SMILES string of the molecule is COC(=O)[C@@H](OC(C)(C)C)c1c(C)c(C)c2nc(-c3cccc(-c4cc(C)ccc4O)c3)cn2c1N1CCC(C)(OCCOC[C@H](C)OCc2ccccc2)CC1. The molecule has 0 spiro atoms. The van der Waals surface area contributed by atoms with Gasteiger partial charge in [-0.1, -0.05) is 60.2 Å². The molecule has 1 aliphatic heterocycles. The minimum Gasteiger partial charge on any atom is -0.507 e. The van der Waals surface area contributed by atoms with Crippen LogP contribution in [0.15, 0.2) is 79.0 Å². The summed E-state index contributed by atoms with van der Waals surface area (Å²) in [4.78, 5) is 21.2. The van der Waals surface area contributed by atoms with E-state index in [4.69, 9.17) is 28.7 Å². The van der Waals surface area contributed by atoms with Gasteiger partial charge in [0.15, 0.2) is 6.10 Å². The molecule has 304 valence electrons. The van der Waals surface area contributed by atoms with Crippen molar-refractivity contribution in [2.24, 2.45) is 0 Å². The Kier molecular flexibility index (Phi) is 13.1. The smallest absolute Gasteiger partial charge is 0.339 e. The average molecular weight is 778 g/mol. The Hall–Kier alpha value is -4.74. The van der Waals surface area contributed by atoms with Gasteiger partial charge in [-0.15, -0.1) is 0 Å². The Labute approximate surface area is 337 Å². The van der Waals surface area contributed by atoms with Gasteiger partial charge in [-0.3, -0.25) is 4.40 Å². The molecule has 0 saturated carbocycles. The molecule has 3 aromatic carbocycles. The van der Waals surface area contributed by atoms with E-state index in [-0.39, 0.29) is 17.5 Å². The molecule has 10 nitrogen and oxygen atoms in total. The summed E-state index contributed by atoms with van der Waals surface area (Å²) in [5, 5.41) is 10.7. The maximum absolute atomic E-state index is 13.6. The number of aryl methyl sites for hydroxylation is 2. The van der Waals surface area contributed by atoms with Crippen LogP contribution in [-0.4, -0.2) is 77.8 Å². The maximum atomic E-state index is 13.6. The second-order valence-electron chi connectivity index (χ2n) is 16.5. The van der Waals surface area contributed by atoms with Gasteiger partial charge in [0.2, 0.25) is 0 Å². The second-order valence-corrected chi connectivity index (χ2v) is 16.5. The molecule has 1 aliphatic rings. The molecule has 2 atom stereocenters. The number of rotatable bonds is 15. The van der Waals surface area contributed by atoms with Gasteiger partial charge < -0.3 is 33.7 Å². The van der Waals surface area contributed by atoms with Crippen molar-refractivity contribution in [2.75, 3.05) is 44.9 Å². The van der Waals surface area contributed by atoms with Gasteiger partial charge in [0, 0.05) is 36.0 Å². The first kappa shape index (κ1) is 41.9. The third kappa shape index (κ3) is 10.0. The highest BCUT2D eigenvalue weighted by Gasteiger charge is 2.38. The Morgan fingerprint density at radius 3 is 2.35 bits per heavy atom. The Morgan fingerprint density at radius 2 is 1.65 bits per heavy atom. The molecule has 0 aliphatic carbocycles. The van der Waals surface area contributed by atoms with Gasteiger partial charge in [-0.2, -0.15) is 0 Å². The molecule has 3 heterocycles. The predicted octanol–water partition coefficient (Wildman–Crippen LogP) is 9.33.